The van der Waals surface area contributed by atoms with Gasteiger partial charge in [-0.05, 0) is 83.4 Å². The molecule has 0 saturated carbocycles. The number of hydrogen-bond acceptors (Lipinski definition) is 3. The van der Waals surface area contributed by atoms with E-state index in [0.29, 0.717) is 16.7 Å². The second kappa shape index (κ2) is 11.4. The highest BCUT2D eigenvalue weighted by molar-refractivity contribution is 6.12. The summed E-state index contributed by atoms with van der Waals surface area (Å²) >= 11 is 0. The summed E-state index contributed by atoms with van der Waals surface area (Å²) in [6.45, 7) is 0. The van der Waals surface area contributed by atoms with Crippen molar-refractivity contribution >= 4 is 43.6 Å². The Morgan fingerprint density at radius 3 is 1.78 bits per heavy atom. The molecule has 0 saturated heterocycles. The second-order valence-electron chi connectivity index (χ2n) is 12.3. The van der Waals surface area contributed by atoms with Gasteiger partial charge in [-0.3, -0.25) is 0 Å². The number of fused-ring (bicyclic) bond motifs is 6. The molecule has 0 fully saturated rings. The molecule has 0 aliphatic rings. The number of aromatic nitrogens is 2. The minimum atomic E-state index is 0.556. The van der Waals surface area contributed by atoms with Crippen LogP contribution in [-0.2, 0) is 0 Å². The van der Waals surface area contributed by atoms with Crippen LogP contribution in [0.25, 0.3) is 77.2 Å². The Balaban J connectivity index is 1.23. The summed E-state index contributed by atoms with van der Waals surface area (Å²) in [6, 6.07) is 57.9. The third-order valence-electron chi connectivity index (χ3n) is 9.64. The molecule has 5 nitrogen and oxygen atoms in total. The SMILES string of the molecule is N#Cc1ccc(-c2ccccc2-c2ccc(-n3c4ccccc4c4cc(C#N)ccc43)cc2)c(-n2c3ccccc3c3c(C#N)cccc32)c1. The van der Waals surface area contributed by atoms with Crippen molar-refractivity contribution in [3.8, 4) is 51.8 Å². The molecule has 0 radical (unpaired) electrons. The van der Waals surface area contributed by atoms with Crippen LogP contribution in [0.5, 0.6) is 0 Å². The van der Waals surface area contributed by atoms with Crippen molar-refractivity contribution < 1.29 is 0 Å². The predicted octanol–water partition coefficient (Wildman–Crippen LogP) is 10.8. The van der Waals surface area contributed by atoms with Crippen molar-refractivity contribution in [3.05, 3.63) is 168 Å². The summed E-state index contributed by atoms with van der Waals surface area (Å²) in [4.78, 5) is 0. The van der Waals surface area contributed by atoms with Crippen LogP contribution in [-0.4, -0.2) is 9.13 Å². The zero-order valence-electron chi connectivity index (χ0n) is 26.7. The van der Waals surface area contributed by atoms with Crippen LogP contribution in [0.3, 0.4) is 0 Å². The van der Waals surface area contributed by atoms with Gasteiger partial charge in [0.05, 0.1) is 62.7 Å². The highest BCUT2D eigenvalue weighted by Gasteiger charge is 2.20. The lowest BCUT2D eigenvalue weighted by atomic mass is 9.92. The summed E-state index contributed by atoms with van der Waals surface area (Å²) in [6.07, 6.45) is 0. The monoisotopic (exact) mass is 635 g/mol. The molecule has 0 atom stereocenters. The highest BCUT2D eigenvalue weighted by atomic mass is 15.0. The largest absolute Gasteiger partial charge is 0.309 e. The van der Waals surface area contributed by atoms with Crippen molar-refractivity contribution in [2.75, 3.05) is 0 Å². The van der Waals surface area contributed by atoms with Gasteiger partial charge in [-0.15, -0.1) is 0 Å². The summed E-state index contributed by atoms with van der Waals surface area (Å²) in [5.41, 5.74) is 11.8. The quantitative estimate of drug-likeness (QED) is 0.193. The van der Waals surface area contributed by atoms with Crippen molar-refractivity contribution in [1.82, 2.24) is 9.13 Å². The van der Waals surface area contributed by atoms with Gasteiger partial charge >= 0.3 is 0 Å². The van der Waals surface area contributed by atoms with Crippen LogP contribution in [0, 0.1) is 34.0 Å². The first-order chi connectivity index (χ1) is 24.7. The zero-order valence-corrected chi connectivity index (χ0v) is 26.7. The molecular weight excluding hydrogens is 611 g/mol. The van der Waals surface area contributed by atoms with Gasteiger partial charge in [-0.25, -0.2) is 0 Å². The lowest BCUT2D eigenvalue weighted by molar-refractivity contribution is 1.18. The maximum Gasteiger partial charge on any atom is 0.0998 e. The maximum absolute atomic E-state index is 10.0. The first-order valence-corrected chi connectivity index (χ1v) is 16.3. The molecule has 50 heavy (non-hydrogen) atoms. The van der Waals surface area contributed by atoms with Gasteiger partial charge in [0.25, 0.3) is 0 Å². The standard InChI is InChI=1S/C45H25N5/c46-26-29-17-23-42-39(24-29)36-11-3-5-13-40(36)49(42)33-20-18-31(19-21-33)34-9-1-2-10-35(34)37-22-16-30(27-47)25-44(37)50-41-14-6-4-12-38(41)45-32(28-48)8-7-15-43(45)50/h1-25H. The molecular formula is C45H25N5. The first-order valence-electron chi connectivity index (χ1n) is 16.3. The van der Waals surface area contributed by atoms with Crippen LogP contribution in [0.1, 0.15) is 16.7 Å². The fourth-order valence-corrected chi connectivity index (χ4v) is 7.47. The zero-order chi connectivity index (χ0) is 33.8. The van der Waals surface area contributed by atoms with E-state index in [0.717, 1.165) is 77.2 Å². The molecule has 0 bridgehead atoms. The Kier molecular flexibility index (Phi) is 6.56. The van der Waals surface area contributed by atoms with Crippen molar-refractivity contribution in [2.24, 2.45) is 0 Å². The lowest BCUT2D eigenvalue weighted by Gasteiger charge is -2.18. The fraction of sp³-hybridized carbons (Fsp3) is 0. The number of rotatable bonds is 4. The molecule has 0 N–H and O–H groups in total. The number of benzene rings is 7. The van der Waals surface area contributed by atoms with E-state index in [1.807, 2.05) is 84.9 Å². The van der Waals surface area contributed by atoms with E-state index >= 15 is 0 Å². The smallest absolute Gasteiger partial charge is 0.0998 e. The van der Waals surface area contributed by atoms with Gasteiger partial charge in [0.1, 0.15) is 0 Å². The Morgan fingerprint density at radius 2 is 1.02 bits per heavy atom. The van der Waals surface area contributed by atoms with Gasteiger partial charge in [0.15, 0.2) is 0 Å². The van der Waals surface area contributed by atoms with E-state index in [-0.39, 0.29) is 0 Å². The van der Waals surface area contributed by atoms with Crippen LogP contribution in [0.4, 0.5) is 0 Å². The average molecular weight is 636 g/mol. The van der Waals surface area contributed by atoms with Gasteiger partial charge < -0.3 is 9.13 Å². The fourth-order valence-electron chi connectivity index (χ4n) is 7.47. The minimum Gasteiger partial charge on any atom is -0.309 e. The molecule has 9 aromatic rings. The third kappa shape index (κ3) is 4.31. The molecule has 2 aromatic heterocycles. The Morgan fingerprint density at radius 1 is 0.400 bits per heavy atom. The Labute approximate surface area is 287 Å². The predicted molar refractivity (Wildman–Crippen MR) is 200 cm³/mol. The van der Waals surface area contributed by atoms with Crippen molar-refractivity contribution in [2.45, 2.75) is 0 Å². The number of nitrogens with zero attached hydrogens (tertiary/aromatic N) is 5. The van der Waals surface area contributed by atoms with E-state index in [1.165, 1.54) is 0 Å². The van der Waals surface area contributed by atoms with E-state index in [2.05, 4.69) is 94.1 Å². The molecule has 0 aliphatic heterocycles. The Hall–Kier alpha value is -7.39. The lowest BCUT2D eigenvalue weighted by Crippen LogP contribution is -1.99. The molecule has 0 aliphatic carbocycles. The summed E-state index contributed by atoms with van der Waals surface area (Å²) in [5, 5.41) is 33.7. The van der Waals surface area contributed by atoms with Crippen LogP contribution in [0.2, 0.25) is 0 Å². The molecule has 9 rings (SSSR count). The van der Waals surface area contributed by atoms with Gasteiger partial charge in [-0.1, -0.05) is 84.9 Å². The van der Waals surface area contributed by atoms with Gasteiger partial charge in [0, 0.05) is 32.8 Å². The molecule has 0 amide bonds. The number of nitriles is 3. The molecule has 7 aromatic carbocycles. The maximum atomic E-state index is 10.0. The van der Waals surface area contributed by atoms with Crippen LogP contribution < -0.4 is 0 Å². The molecule has 5 heteroatoms. The third-order valence-corrected chi connectivity index (χ3v) is 9.64. The summed E-state index contributed by atoms with van der Waals surface area (Å²) < 4.78 is 4.43. The minimum absolute atomic E-state index is 0.556. The second-order valence-corrected chi connectivity index (χ2v) is 12.3. The highest BCUT2D eigenvalue weighted by Crippen LogP contribution is 2.41. The van der Waals surface area contributed by atoms with Crippen molar-refractivity contribution in [1.29, 1.82) is 15.8 Å². The number of para-hydroxylation sites is 2. The number of hydrogen-bond donors (Lipinski definition) is 0. The van der Waals surface area contributed by atoms with Gasteiger partial charge in [0.2, 0.25) is 0 Å². The van der Waals surface area contributed by atoms with E-state index in [1.54, 1.807) is 0 Å². The van der Waals surface area contributed by atoms with Crippen LogP contribution in [0.15, 0.2) is 152 Å². The van der Waals surface area contributed by atoms with Gasteiger partial charge in [-0.2, -0.15) is 15.8 Å². The summed E-state index contributed by atoms with van der Waals surface area (Å²) in [7, 11) is 0. The topological polar surface area (TPSA) is 81.2 Å². The van der Waals surface area contributed by atoms with Crippen LogP contribution >= 0.6 is 0 Å². The van der Waals surface area contributed by atoms with E-state index in [9.17, 15) is 15.8 Å². The van der Waals surface area contributed by atoms with E-state index < -0.39 is 0 Å². The van der Waals surface area contributed by atoms with Crippen molar-refractivity contribution in [3.63, 3.8) is 0 Å². The summed E-state index contributed by atoms with van der Waals surface area (Å²) in [5.74, 6) is 0. The molecule has 0 spiro atoms. The molecule has 2 heterocycles. The van der Waals surface area contributed by atoms with E-state index in [4.69, 9.17) is 0 Å². The molecule has 230 valence electrons. The Bertz CT molecular complexity index is 2960. The molecule has 0 unspecified atom stereocenters. The normalized spacial score (nSPS) is 11.1. The first kappa shape index (κ1) is 28.8. The average Bonchev–Trinajstić information content (AvgIpc) is 3.70.